The van der Waals surface area contributed by atoms with E-state index in [9.17, 15) is 8.78 Å². The molecule has 0 aromatic heterocycles. The van der Waals surface area contributed by atoms with E-state index in [0.29, 0.717) is 0 Å². The Bertz CT molecular complexity index is 21.6. The fraction of sp³-hybridized carbons (Fsp3) is 1.00. The zero-order valence-corrected chi connectivity index (χ0v) is 6.45. The van der Waals surface area contributed by atoms with Crippen LogP contribution in [0.15, 0.2) is 0 Å². The first kappa shape index (κ1) is 5.29. The molecule has 0 aromatic rings. The summed E-state index contributed by atoms with van der Waals surface area (Å²) < 4.78 is 21.7. The average Bonchev–Trinajstić information content (AvgIpc) is 1.38. The van der Waals surface area contributed by atoms with Crippen molar-refractivity contribution in [3.8, 4) is 0 Å². The van der Waals surface area contributed by atoms with Crippen LogP contribution in [0.2, 0.25) is 0 Å². The normalized spacial score (nSPS) is 12.6. The number of hydrogen-bond acceptors (Lipinski definition) is 0. The second-order valence-corrected chi connectivity index (χ2v) is 4.68. The molecule has 0 aliphatic heterocycles. The molecular formula is CH6F2Si2. The topological polar surface area (TPSA) is 0 Å². The molecule has 5 heavy (non-hydrogen) atoms. The van der Waals surface area contributed by atoms with Crippen LogP contribution in [0.4, 0.5) is 8.78 Å². The first-order valence-corrected chi connectivity index (χ1v) is 8.03. The van der Waals surface area contributed by atoms with E-state index in [0.717, 1.165) is 9.76 Å². The van der Waals surface area contributed by atoms with Crippen molar-refractivity contribution in [2.75, 3.05) is 0 Å². The number of halogens is 2. The molecular weight excluding hydrogens is 106 g/mol. The predicted molar refractivity (Wildman–Crippen MR) is 24.5 cm³/mol. The lowest BCUT2D eigenvalue weighted by Crippen LogP contribution is -2.01. The molecule has 0 atom stereocenters. The highest BCUT2D eigenvalue weighted by molar-refractivity contribution is 6.89. The van der Waals surface area contributed by atoms with Crippen LogP contribution >= 0.6 is 0 Å². The molecule has 0 fully saturated rings. The molecule has 32 valence electrons. The fourth-order valence-corrected chi connectivity index (χ4v) is 0. The SMILES string of the molecule is FC(F)[SiH2][SiH3]. The third-order valence-corrected chi connectivity index (χ3v) is 2.78. The zero-order valence-electron chi connectivity index (χ0n) is 3.04. The van der Waals surface area contributed by atoms with E-state index < -0.39 is 15.1 Å². The van der Waals surface area contributed by atoms with Crippen LogP contribution in [0.1, 0.15) is 0 Å². The summed E-state index contributed by atoms with van der Waals surface area (Å²) in [6.07, 6.45) is 0. The van der Waals surface area contributed by atoms with Gasteiger partial charge in [-0.3, -0.25) is 0 Å². The van der Waals surface area contributed by atoms with Gasteiger partial charge in [-0.15, -0.1) is 0 Å². The molecule has 0 bridgehead atoms. The van der Waals surface area contributed by atoms with Gasteiger partial charge in [0.05, 0.1) is 9.04 Å². The minimum Gasteiger partial charge on any atom is -0.217 e. The maximum absolute atomic E-state index is 10.9. The van der Waals surface area contributed by atoms with E-state index in [1.165, 1.54) is 0 Å². The van der Waals surface area contributed by atoms with Crippen LogP contribution < -0.4 is 0 Å². The van der Waals surface area contributed by atoms with E-state index in [4.69, 9.17) is 0 Å². The smallest absolute Gasteiger partial charge is 0.211 e. The first-order valence-electron chi connectivity index (χ1n) is 1.55. The Morgan fingerprint density at radius 1 is 1.60 bits per heavy atom. The van der Waals surface area contributed by atoms with Gasteiger partial charge in [-0.25, -0.2) is 8.78 Å². The van der Waals surface area contributed by atoms with E-state index in [2.05, 4.69) is 0 Å². The summed E-state index contributed by atoms with van der Waals surface area (Å²) in [7, 11) is -0.0833. The summed E-state index contributed by atoms with van der Waals surface area (Å²) >= 11 is 0. The van der Waals surface area contributed by atoms with Crippen molar-refractivity contribution >= 4 is 18.8 Å². The molecule has 4 heteroatoms. The van der Waals surface area contributed by atoms with Crippen LogP contribution in [0, 0.1) is 0 Å². The Morgan fingerprint density at radius 2 is 1.80 bits per heavy atom. The quantitative estimate of drug-likeness (QED) is 0.368. The first-order chi connectivity index (χ1) is 2.27. The molecule has 0 saturated carbocycles. The van der Waals surface area contributed by atoms with E-state index >= 15 is 0 Å². The van der Waals surface area contributed by atoms with Gasteiger partial charge in [-0.2, -0.15) is 0 Å². The van der Waals surface area contributed by atoms with Crippen LogP contribution in [-0.4, -0.2) is 24.8 Å². The summed E-state index contributed by atoms with van der Waals surface area (Å²) in [5.74, 6) is 0. The van der Waals surface area contributed by atoms with E-state index in [1.807, 2.05) is 0 Å². The third kappa shape index (κ3) is 4.29. The van der Waals surface area contributed by atoms with Crippen molar-refractivity contribution in [2.24, 2.45) is 0 Å². The van der Waals surface area contributed by atoms with Crippen LogP contribution in [-0.2, 0) is 0 Å². The minimum absolute atomic E-state index is 0.762. The van der Waals surface area contributed by atoms with Crippen LogP contribution in [0.25, 0.3) is 0 Å². The molecule has 0 aromatic carbocycles. The van der Waals surface area contributed by atoms with Gasteiger partial charge in [0.2, 0.25) is 6.05 Å². The predicted octanol–water partition coefficient (Wildman–Crippen LogP) is -1.34. The van der Waals surface area contributed by atoms with E-state index in [-0.39, 0.29) is 0 Å². The third-order valence-electron chi connectivity index (χ3n) is 0.309. The average molecular weight is 112 g/mol. The molecule has 0 spiro atoms. The van der Waals surface area contributed by atoms with Gasteiger partial charge in [-0.1, -0.05) is 0 Å². The van der Waals surface area contributed by atoms with Crippen LogP contribution in [0.3, 0.4) is 0 Å². The van der Waals surface area contributed by atoms with Crippen molar-refractivity contribution in [1.82, 2.24) is 0 Å². The van der Waals surface area contributed by atoms with Gasteiger partial charge < -0.3 is 0 Å². The summed E-state index contributed by atoms with van der Waals surface area (Å²) in [6.45, 7) is 0. The molecule has 0 aliphatic carbocycles. The summed E-state index contributed by atoms with van der Waals surface area (Å²) in [4.78, 5) is 0. The Morgan fingerprint density at radius 3 is 1.80 bits per heavy atom. The number of rotatable bonds is 1. The highest BCUT2D eigenvalue weighted by atomic mass is 29.1. The zero-order chi connectivity index (χ0) is 4.28. The Balaban J connectivity index is 2.54. The van der Waals surface area contributed by atoms with Crippen molar-refractivity contribution in [1.29, 1.82) is 0 Å². The number of alkyl halides is 2. The second kappa shape index (κ2) is 2.53. The molecule has 0 rings (SSSR count). The molecule has 0 unspecified atom stereocenters. The summed E-state index contributed by atoms with van der Waals surface area (Å²) in [5, 5.41) is 0. The van der Waals surface area contributed by atoms with Crippen molar-refractivity contribution in [2.45, 2.75) is 6.05 Å². The second-order valence-electron chi connectivity index (χ2n) is 0.799. The van der Waals surface area contributed by atoms with Crippen molar-refractivity contribution in [3.05, 3.63) is 0 Å². The van der Waals surface area contributed by atoms with Gasteiger partial charge in [0.1, 0.15) is 0 Å². The summed E-state index contributed by atoms with van der Waals surface area (Å²) in [5.41, 5.74) is 0. The van der Waals surface area contributed by atoms with Gasteiger partial charge in [0.15, 0.2) is 0 Å². The lowest BCUT2D eigenvalue weighted by atomic mass is 11.7. The molecule has 0 amide bonds. The Hall–Kier alpha value is 0.294. The van der Waals surface area contributed by atoms with Crippen LogP contribution in [0.5, 0.6) is 0 Å². The fourth-order valence-electron chi connectivity index (χ4n) is 0. The van der Waals surface area contributed by atoms with Gasteiger partial charge >= 0.3 is 0 Å². The molecule has 0 nitrogen and oxygen atoms in total. The lowest BCUT2D eigenvalue weighted by molar-refractivity contribution is 0.241. The highest BCUT2D eigenvalue weighted by Gasteiger charge is 1.92. The number of hydrogen-bond donors (Lipinski definition) is 0. The Kier molecular flexibility index (Phi) is 2.68. The maximum atomic E-state index is 10.9. The highest BCUT2D eigenvalue weighted by Crippen LogP contribution is 1.81. The largest absolute Gasteiger partial charge is 0.217 e. The minimum atomic E-state index is -1.92. The van der Waals surface area contributed by atoms with Crippen molar-refractivity contribution in [3.63, 3.8) is 0 Å². The van der Waals surface area contributed by atoms with Gasteiger partial charge in [0, 0.05) is 0 Å². The van der Waals surface area contributed by atoms with Crippen molar-refractivity contribution < 1.29 is 8.78 Å². The monoisotopic (exact) mass is 112 g/mol. The Labute approximate surface area is 34.6 Å². The maximum Gasteiger partial charge on any atom is 0.211 e. The van der Waals surface area contributed by atoms with Gasteiger partial charge in [-0.05, 0) is 9.76 Å². The molecule has 0 heterocycles. The molecule has 0 radical (unpaired) electrons. The molecule has 0 aliphatic rings. The standard InChI is InChI=1S/CH6F2Si2/c2-1(3)5-4/h1H,5H2,4H3. The lowest BCUT2D eigenvalue weighted by Gasteiger charge is -1.80. The summed E-state index contributed by atoms with van der Waals surface area (Å²) in [6, 6.07) is -1.92. The van der Waals surface area contributed by atoms with Gasteiger partial charge in [0.25, 0.3) is 0 Å². The molecule has 0 saturated heterocycles. The molecule has 0 N–H and O–H groups in total. The van der Waals surface area contributed by atoms with E-state index in [1.54, 1.807) is 0 Å².